The maximum atomic E-state index is 13.2. The second-order valence-corrected chi connectivity index (χ2v) is 5.92. The Morgan fingerprint density at radius 3 is 1.92 bits per heavy atom. The Balaban J connectivity index is 1.98. The van der Waals surface area contributed by atoms with Gasteiger partial charge < -0.3 is 10.0 Å². The van der Waals surface area contributed by atoms with E-state index in [0.29, 0.717) is 17.7 Å². The third-order valence-electron chi connectivity index (χ3n) is 4.16. The highest BCUT2D eigenvalue weighted by molar-refractivity contribution is 5.89. The Bertz CT molecular complexity index is 781. The number of benzene rings is 2. The lowest BCUT2D eigenvalue weighted by Gasteiger charge is -2.32. The lowest BCUT2D eigenvalue weighted by atomic mass is 9.85. The van der Waals surface area contributed by atoms with Gasteiger partial charge in [-0.05, 0) is 23.3 Å². The Hall–Kier alpha value is -2.98. The van der Waals surface area contributed by atoms with Crippen molar-refractivity contribution in [2.24, 2.45) is 0 Å². The molecular weight excluding hydrogens is 312 g/mol. The quantitative estimate of drug-likeness (QED) is 0.781. The Kier molecular flexibility index (Phi) is 4.91. The highest BCUT2D eigenvalue weighted by Crippen LogP contribution is 2.31. The summed E-state index contributed by atoms with van der Waals surface area (Å²) in [6, 6.07) is 23.6. The van der Waals surface area contributed by atoms with Gasteiger partial charge in [0, 0.05) is 13.2 Å². The van der Waals surface area contributed by atoms with Crippen molar-refractivity contribution in [3.8, 4) is 0 Å². The van der Waals surface area contributed by atoms with E-state index in [0.717, 1.165) is 5.69 Å². The van der Waals surface area contributed by atoms with Gasteiger partial charge in [0.25, 0.3) is 5.91 Å². The number of amides is 1. The monoisotopic (exact) mass is 332 g/mol. The predicted octanol–water partition coefficient (Wildman–Crippen LogP) is 2.98. The topological polar surface area (TPSA) is 53.4 Å². The first-order chi connectivity index (χ1) is 12.1. The molecule has 25 heavy (non-hydrogen) atoms. The van der Waals surface area contributed by atoms with Crippen LogP contribution in [-0.2, 0) is 16.9 Å². The number of hydrogen-bond acceptors (Lipinski definition) is 3. The lowest BCUT2D eigenvalue weighted by molar-refractivity contribution is -0.147. The number of nitrogens with zero attached hydrogens (tertiary/aromatic N) is 2. The van der Waals surface area contributed by atoms with E-state index in [1.54, 1.807) is 37.5 Å². The molecule has 0 spiro atoms. The molecule has 0 fully saturated rings. The fourth-order valence-corrected chi connectivity index (χ4v) is 2.85. The van der Waals surface area contributed by atoms with E-state index >= 15 is 0 Å². The summed E-state index contributed by atoms with van der Waals surface area (Å²) in [4.78, 5) is 19.0. The zero-order valence-corrected chi connectivity index (χ0v) is 14.0. The van der Waals surface area contributed by atoms with Gasteiger partial charge in [-0.25, -0.2) is 0 Å². The van der Waals surface area contributed by atoms with Crippen molar-refractivity contribution >= 4 is 5.91 Å². The second-order valence-electron chi connectivity index (χ2n) is 5.92. The molecule has 1 amide bonds. The molecule has 126 valence electrons. The number of pyridine rings is 1. The molecule has 4 heteroatoms. The van der Waals surface area contributed by atoms with Gasteiger partial charge in [-0.1, -0.05) is 66.7 Å². The molecule has 1 aromatic heterocycles. The van der Waals surface area contributed by atoms with Gasteiger partial charge in [0.2, 0.25) is 0 Å². The summed E-state index contributed by atoms with van der Waals surface area (Å²) in [5.41, 5.74) is 0.103. The summed E-state index contributed by atoms with van der Waals surface area (Å²) in [5.74, 6) is -0.393. The van der Waals surface area contributed by atoms with Crippen LogP contribution >= 0.6 is 0 Å². The van der Waals surface area contributed by atoms with Gasteiger partial charge in [-0.15, -0.1) is 0 Å². The van der Waals surface area contributed by atoms with Crippen LogP contribution < -0.4 is 0 Å². The molecule has 0 unspecified atom stereocenters. The first-order valence-corrected chi connectivity index (χ1v) is 8.11. The summed E-state index contributed by atoms with van der Waals surface area (Å²) in [5, 5.41) is 11.5. The predicted molar refractivity (Wildman–Crippen MR) is 96.6 cm³/mol. The van der Waals surface area contributed by atoms with E-state index in [1.807, 2.05) is 54.6 Å². The fourth-order valence-electron chi connectivity index (χ4n) is 2.85. The fraction of sp³-hybridized carbons (Fsp3) is 0.143. The van der Waals surface area contributed by atoms with Crippen molar-refractivity contribution in [3.63, 3.8) is 0 Å². The largest absolute Gasteiger partial charge is 0.372 e. The van der Waals surface area contributed by atoms with Gasteiger partial charge in [0.1, 0.15) is 0 Å². The average Bonchev–Trinajstić information content (AvgIpc) is 2.69. The molecule has 0 saturated heterocycles. The molecule has 0 atom stereocenters. The van der Waals surface area contributed by atoms with Crippen molar-refractivity contribution in [1.29, 1.82) is 0 Å². The van der Waals surface area contributed by atoms with Crippen LogP contribution in [0.15, 0.2) is 85.1 Å². The van der Waals surface area contributed by atoms with Gasteiger partial charge in [0.15, 0.2) is 5.60 Å². The van der Waals surface area contributed by atoms with Crippen molar-refractivity contribution in [2.75, 3.05) is 7.05 Å². The van der Waals surface area contributed by atoms with Crippen LogP contribution in [0.1, 0.15) is 16.8 Å². The van der Waals surface area contributed by atoms with Crippen molar-refractivity contribution in [2.45, 2.75) is 12.1 Å². The summed E-state index contributed by atoms with van der Waals surface area (Å²) in [6.45, 7) is 0.321. The molecule has 0 radical (unpaired) electrons. The normalized spacial score (nSPS) is 11.1. The molecule has 4 nitrogen and oxygen atoms in total. The summed E-state index contributed by atoms with van der Waals surface area (Å²) in [6.07, 6.45) is 1.69. The minimum Gasteiger partial charge on any atom is -0.372 e. The van der Waals surface area contributed by atoms with E-state index in [4.69, 9.17) is 0 Å². The van der Waals surface area contributed by atoms with Gasteiger partial charge in [-0.3, -0.25) is 9.78 Å². The number of carbonyl (C=O) groups is 1. The summed E-state index contributed by atoms with van der Waals surface area (Å²) >= 11 is 0. The van der Waals surface area contributed by atoms with E-state index < -0.39 is 11.5 Å². The number of likely N-dealkylation sites (N-methyl/N-ethyl adjacent to an activating group) is 1. The zero-order chi connectivity index (χ0) is 17.7. The van der Waals surface area contributed by atoms with Crippen LogP contribution in [0.5, 0.6) is 0 Å². The van der Waals surface area contributed by atoms with E-state index in [9.17, 15) is 9.90 Å². The molecule has 1 N–H and O–H groups in total. The average molecular weight is 332 g/mol. The van der Waals surface area contributed by atoms with Crippen LogP contribution in [0.25, 0.3) is 0 Å². The third-order valence-corrected chi connectivity index (χ3v) is 4.16. The molecule has 0 aliphatic carbocycles. The maximum Gasteiger partial charge on any atom is 0.264 e. The molecule has 1 heterocycles. The molecule has 0 saturated carbocycles. The summed E-state index contributed by atoms with van der Waals surface area (Å²) < 4.78 is 0. The first-order valence-electron chi connectivity index (χ1n) is 8.11. The molecule has 3 aromatic rings. The van der Waals surface area contributed by atoms with Crippen LogP contribution in [0.4, 0.5) is 0 Å². The van der Waals surface area contributed by atoms with Crippen molar-refractivity contribution in [3.05, 3.63) is 102 Å². The number of carbonyl (C=O) groups excluding carboxylic acids is 1. The van der Waals surface area contributed by atoms with E-state index in [2.05, 4.69) is 4.98 Å². The second kappa shape index (κ2) is 7.28. The minimum atomic E-state index is -1.74. The standard InChI is InChI=1S/C21H20N2O2/c1-23(16-19-14-8-9-15-22-19)20(24)21(25,17-10-4-2-5-11-17)18-12-6-3-7-13-18/h2-15,25H,16H2,1H3. The minimum absolute atomic E-state index is 0.321. The Morgan fingerprint density at radius 2 is 1.44 bits per heavy atom. The third kappa shape index (κ3) is 3.44. The summed E-state index contributed by atoms with van der Waals surface area (Å²) in [7, 11) is 1.67. The maximum absolute atomic E-state index is 13.2. The number of aromatic nitrogens is 1. The van der Waals surface area contributed by atoms with Gasteiger partial charge >= 0.3 is 0 Å². The number of rotatable bonds is 5. The first kappa shape index (κ1) is 16.9. The van der Waals surface area contributed by atoms with Crippen LogP contribution in [0.3, 0.4) is 0 Å². The van der Waals surface area contributed by atoms with Crippen molar-refractivity contribution in [1.82, 2.24) is 9.88 Å². The van der Waals surface area contributed by atoms with E-state index in [-0.39, 0.29) is 0 Å². The number of aliphatic hydroxyl groups is 1. The lowest BCUT2D eigenvalue weighted by Crippen LogP contribution is -2.46. The van der Waals surface area contributed by atoms with Crippen LogP contribution in [-0.4, -0.2) is 27.9 Å². The number of hydrogen-bond donors (Lipinski definition) is 1. The molecule has 0 bridgehead atoms. The molecule has 3 rings (SSSR count). The van der Waals surface area contributed by atoms with Crippen LogP contribution in [0, 0.1) is 0 Å². The Morgan fingerprint density at radius 1 is 0.920 bits per heavy atom. The highest BCUT2D eigenvalue weighted by atomic mass is 16.3. The highest BCUT2D eigenvalue weighted by Gasteiger charge is 2.41. The molecule has 2 aromatic carbocycles. The smallest absolute Gasteiger partial charge is 0.264 e. The molecule has 0 aliphatic heterocycles. The SMILES string of the molecule is CN(Cc1ccccn1)C(=O)C(O)(c1ccccc1)c1ccccc1. The molecule has 0 aliphatic rings. The van der Waals surface area contributed by atoms with E-state index in [1.165, 1.54) is 4.90 Å². The zero-order valence-electron chi connectivity index (χ0n) is 14.0. The molecular formula is C21H20N2O2. The van der Waals surface area contributed by atoms with Gasteiger partial charge in [0.05, 0.1) is 12.2 Å². The van der Waals surface area contributed by atoms with Crippen LogP contribution in [0.2, 0.25) is 0 Å². The van der Waals surface area contributed by atoms with Crippen molar-refractivity contribution < 1.29 is 9.90 Å². The van der Waals surface area contributed by atoms with Gasteiger partial charge in [-0.2, -0.15) is 0 Å². The Labute approximate surface area is 147 Å².